The first-order valence-electron chi connectivity index (χ1n) is 14.2. The van der Waals surface area contributed by atoms with Gasteiger partial charge in [-0.2, -0.15) is 18.2 Å². The highest BCUT2D eigenvalue weighted by Gasteiger charge is 2.41. The first-order valence-corrected chi connectivity index (χ1v) is 15.9. The Labute approximate surface area is 269 Å². The van der Waals surface area contributed by atoms with Gasteiger partial charge in [-0.15, -0.1) is 11.8 Å². The molecule has 3 heterocycles. The Morgan fingerprint density at radius 2 is 1.69 bits per heavy atom. The minimum atomic E-state index is -4.96. The van der Waals surface area contributed by atoms with Crippen molar-refractivity contribution in [2.24, 2.45) is 0 Å². The highest BCUT2D eigenvalue weighted by atomic mass is 79.9. The molecule has 1 fully saturated rings. The second-order valence-electron chi connectivity index (χ2n) is 12.3. The Kier molecular flexibility index (Phi) is 8.94. The molecule has 2 aliphatic heterocycles. The molecule has 0 unspecified atom stereocenters. The molecule has 1 saturated heterocycles. The molecule has 45 heavy (non-hydrogen) atoms. The van der Waals surface area contributed by atoms with E-state index in [4.69, 9.17) is 9.47 Å². The van der Waals surface area contributed by atoms with Crippen LogP contribution in [-0.4, -0.2) is 70.3 Å². The molecule has 0 spiro atoms. The summed E-state index contributed by atoms with van der Waals surface area (Å²) in [6.07, 6.45) is -6.06. The summed E-state index contributed by atoms with van der Waals surface area (Å²) < 4.78 is 86.3. The maximum Gasteiger partial charge on any atom is 0.417 e. The average molecular weight is 720 g/mol. The van der Waals surface area contributed by atoms with E-state index >= 15 is 4.39 Å². The van der Waals surface area contributed by atoms with Crippen LogP contribution in [-0.2, 0) is 22.2 Å². The quantitative estimate of drug-likeness (QED) is 0.212. The smallest absolute Gasteiger partial charge is 0.417 e. The van der Waals surface area contributed by atoms with Crippen LogP contribution in [0.1, 0.15) is 40.2 Å². The number of anilines is 1. The predicted octanol–water partition coefficient (Wildman–Crippen LogP) is 7.08. The average Bonchev–Trinajstić information content (AvgIpc) is 3.11. The van der Waals surface area contributed by atoms with Crippen molar-refractivity contribution < 1.29 is 36.2 Å². The van der Waals surface area contributed by atoms with Gasteiger partial charge in [-0.05, 0) is 62.7 Å². The molecule has 1 aromatic heterocycles. The van der Waals surface area contributed by atoms with Crippen molar-refractivity contribution in [1.82, 2.24) is 14.5 Å². The summed E-state index contributed by atoms with van der Waals surface area (Å²) in [5, 5.41) is 0.0385. The van der Waals surface area contributed by atoms with Crippen molar-refractivity contribution in [3.05, 3.63) is 50.4 Å². The number of alkyl halides is 3. The number of ether oxygens (including phenoxy) is 2. The third-order valence-corrected chi connectivity index (χ3v) is 9.57. The van der Waals surface area contributed by atoms with Crippen LogP contribution in [0.3, 0.4) is 0 Å². The van der Waals surface area contributed by atoms with Gasteiger partial charge in [-0.25, -0.2) is 18.4 Å². The van der Waals surface area contributed by atoms with Gasteiger partial charge in [0.2, 0.25) is 0 Å². The first kappa shape index (κ1) is 33.5. The molecule has 244 valence electrons. The van der Waals surface area contributed by atoms with Crippen LogP contribution < -0.4 is 10.6 Å². The summed E-state index contributed by atoms with van der Waals surface area (Å²) in [6.45, 7) is 9.12. The summed E-state index contributed by atoms with van der Waals surface area (Å²) in [5.41, 5.74) is -3.44. The summed E-state index contributed by atoms with van der Waals surface area (Å²) >= 11 is 3.98. The molecule has 3 atom stereocenters. The fraction of sp³-hybridized carbons (Fsp3) is 0.500. The molecule has 1 amide bonds. The van der Waals surface area contributed by atoms with Gasteiger partial charge in [0.05, 0.1) is 40.3 Å². The van der Waals surface area contributed by atoms with Crippen LogP contribution in [0.25, 0.3) is 22.0 Å². The van der Waals surface area contributed by atoms with E-state index in [1.165, 1.54) is 11.7 Å². The lowest BCUT2D eigenvalue weighted by Crippen LogP contribution is -2.59. The standard InChI is InChI=1S/C30H32BrF5N4O4S/c1-14-10-38(11-15(2)40(14)28(42)44-29(3,4)5)26-18-7-19(30(34,35)36)23(17-8-20(31)22(33)9-21(17)32)25-24(18)39(27(41)37-26)12-16(43-6)13-45-25/h7-9,14-16H,10-13H2,1-6H3/t14-,15+,16-/m0/s1. The molecule has 0 bridgehead atoms. The van der Waals surface area contributed by atoms with Crippen LogP contribution in [0.2, 0.25) is 0 Å². The maximum absolute atomic E-state index is 15.3. The topological polar surface area (TPSA) is 76.9 Å². The van der Waals surface area contributed by atoms with E-state index in [-0.39, 0.29) is 51.5 Å². The highest BCUT2D eigenvalue weighted by Crippen LogP contribution is 2.49. The van der Waals surface area contributed by atoms with Gasteiger partial charge < -0.3 is 14.4 Å². The Bertz CT molecular complexity index is 1720. The molecule has 0 N–H and O–H groups in total. The van der Waals surface area contributed by atoms with Gasteiger partial charge in [-0.1, -0.05) is 0 Å². The molecule has 15 heteroatoms. The molecule has 2 aliphatic rings. The summed E-state index contributed by atoms with van der Waals surface area (Å²) in [4.78, 5) is 34.2. The second-order valence-corrected chi connectivity index (χ2v) is 14.1. The van der Waals surface area contributed by atoms with Crippen LogP contribution in [0.4, 0.5) is 32.6 Å². The number of amides is 1. The summed E-state index contributed by atoms with van der Waals surface area (Å²) in [5.74, 6) is -1.98. The Hall–Kier alpha value is -2.91. The van der Waals surface area contributed by atoms with Gasteiger partial charge in [0.1, 0.15) is 23.1 Å². The number of carbonyl (C=O) groups excluding carboxylic acids is 1. The zero-order valence-electron chi connectivity index (χ0n) is 25.4. The van der Waals surface area contributed by atoms with E-state index in [0.717, 1.165) is 23.9 Å². The predicted molar refractivity (Wildman–Crippen MR) is 165 cm³/mol. The van der Waals surface area contributed by atoms with Crippen molar-refractivity contribution in [2.45, 2.75) is 76.0 Å². The molecule has 3 aromatic rings. The van der Waals surface area contributed by atoms with Crippen LogP contribution in [0.5, 0.6) is 0 Å². The number of nitrogens with zero attached hydrogens (tertiary/aromatic N) is 4. The number of benzene rings is 2. The van der Waals surface area contributed by atoms with Crippen LogP contribution in [0.15, 0.2) is 32.4 Å². The van der Waals surface area contributed by atoms with E-state index in [0.29, 0.717) is 6.07 Å². The van der Waals surface area contributed by atoms with Gasteiger partial charge in [0, 0.05) is 53.4 Å². The summed E-state index contributed by atoms with van der Waals surface area (Å²) in [7, 11) is 1.43. The lowest BCUT2D eigenvalue weighted by Gasteiger charge is -2.45. The van der Waals surface area contributed by atoms with Gasteiger partial charge in [0.25, 0.3) is 0 Å². The molecule has 0 saturated carbocycles. The minimum absolute atomic E-state index is 0.00125. The lowest BCUT2D eigenvalue weighted by atomic mass is 9.95. The number of rotatable bonds is 3. The van der Waals surface area contributed by atoms with Crippen molar-refractivity contribution in [1.29, 1.82) is 0 Å². The Morgan fingerprint density at radius 1 is 1.04 bits per heavy atom. The third kappa shape index (κ3) is 6.39. The zero-order chi connectivity index (χ0) is 33.2. The summed E-state index contributed by atoms with van der Waals surface area (Å²) in [6, 6.07) is 1.48. The molecule has 5 rings (SSSR count). The first-order chi connectivity index (χ1) is 20.9. The van der Waals surface area contributed by atoms with Crippen LogP contribution in [0, 0.1) is 11.6 Å². The number of piperazine rings is 1. The van der Waals surface area contributed by atoms with Crippen molar-refractivity contribution in [3.63, 3.8) is 0 Å². The maximum atomic E-state index is 15.3. The van der Waals surface area contributed by atoms with E-state index in [2.05, 4.69) is 20.9 Å². The molecule has 8 nitrogen and oxygen atoms in total. The molecule has 0 aliphatic carbocycles. The number of halogens is 6. The monoisotopic (exact) mass is 718 g/mol. The number of methoxy groups -OCH3 is 1. The molecule has 0 radical (unpaired) electrons. The van der Waals surface area contributed by atoms with Crippen molar-refractivity contribution in [3.8, 4) is 11.1 Å². The van der Waals surface area contributed by atoms with E-state index in [1.54, 1.807) is 44.4 Å². The van der Waals surface area contributed by atoms with E-state index in [1.807, 2.05) is 0 Å². The molecular formula is C30H32BrF5N4O4S. The number of hydrogen-bond donors (Lipinski definition) is 0. The van der Waals surface area contributed by atoms with Crippen molar-refractivity contribution >= 4 is 50.5 Å². The fourth-order valence-electron chi connectivity index (χ4n) is 5.89. The van der Waals surface area contributed by atoms with Gasteiger partial charge in [0.15, 0.2) is 0 Å². The van der Waals surface area contributed by atoms with Gasteiger partial charge >= 0.3 is 18.0 Å². The van der Waals surface area contributed by atoms with E-state index in [9.17, 15) is 27.2 Å². The lowest BCUT2D eigenvalue weighted by molar-refractivity contribution is -0.137. The Morgan fingerprint density at radius 3 is 2.27 bits per heavy atom. The second kappa shape index (κ2) is 12.0. The third-order valence-electron chi connectivity index (χ3n) is 7.74. The van der Waals surface area contributed by atoms with Crippen molar-refractivity contribution in [2.75, 3.05) is 30.9 Å². The van der Waals surface area contributed by atoms with Gasteiger partial charge in [-0.3, -0.25) is 9.47 Å². The minimum Gasteiger partial charge on any atom is -0.444 e. The molecule has 2 aromatic carbocycles. The SMILES string of the molecule is CO[C@@H]1CSc2c(-c3cc(Br)c(F)cc3F)c(C(F)(F)F)cc3c(N4C[C@@H](C)N(C(=O)OC(C)(C)C)[C@@H](C)C4)nc(=O)n(c23)C1. The van der Waals surface area contributed by atoms with Crippen LogP contribution >= 0.6 is 27.7 Å². The fourth-order valence-corrected chi connectivity index (χ4v) is 7.55. The number of aromatic nitrogens is 2. The number of thioether (sulfide) groups is 1. The largest absolute Gasteiger partial charge is 0.444 e. The Balaban J connectivity index is 1.77. The number of hydrogen-bond acceptors (Lipinski definition) is 7. The van der Waals surface area contributed by atoms with E-state index < -0.39 is 70.1 Å². The molecular weight excluding hydrogens is 687 g/mol. The normalized spacial score (nSPS) is 20.8. The zero-order valence-corrected chi connectivity index (χ0v) is 27.8. The number of carbonyl (C=O) groups is 1. The highest BCUT2D eigenvalue weighted by molar-refractivity contribution is 9.10.